The van der Waals surface area contributed by atoms with Crippen molar-refractivity contribution in [1.29, 1.82) is 0 Å². The van der Waals surface area contributed by atoms with Crippen LogP contribution in [0.15, 0.2) is 47.4 Å². The van der Waals surface area contributed by atoms with E-state index in [1.54, 1.807) is 6.07 Å². The summed E-state index contributed by atoms with van der Waals surface area (Å²) in [6, 6.07) is 13.5. The van der Waals surface area contributed by atoms with Crippen molar-refractivity contribution in [2.24, 2.45) is 5.92 Å². The third-order valence-corrected chi connectivity index (χ3v) is 8.70. The Bertz CT molecular complexity index is 1270. The molecule has 2 heterocycles. The molecule has 0 radical (unpaired) electrons. The predicted molar refractivity (Wildman–Crippen MR) is 126 cm³/mol. The molecule has 32 heavy (non-hydrogen) atoms. The number of H-pyrrole nitrogens is 1. The molecule has 3 aromatic rings. The molecule has 168 valence electrons. The third-order valence-electron chi connectivity index (χ3n) is 6.81. The molecule has 0 spiro atoms. The molecule has 0 atom stereocenters. The smallest absolute Gasteiger partial charge is 0.243 e. The van der Waals surface area contributed by atoms with Gasteiger partial charge in [0.2, 0.25) is 15.9 Å². The molecule has 1 aromatic heterocycles. The second-order valence-corrected chi connectivity index (χ2v) is 11.0. The lowest BCUT2D eigenvalue weighted by atomic mass is 9.92. The number of carbonyl (C=O) groups is 1. The van der Waals surface area contributed by atoms with E-state index in [2.05, 4.69) is 16.4 Å². The molecular weight excluding hydrogens is 422 g/mol. The van der Waals surface area contributed by atoms with Gasteiger partial charge in [-0.05, 0) is 93.0 Å². The van der Waals surface area contributed by atoms with Crippen LogP contribution in [0, 0.1) is 12.8 Å². The van der Waals surface area contributed by atoms with E-state index in [0.717, 1.165) is 41.5 Å². The molecule has 0 saturated carbocycles. The lowest BCUT2D eigenvalue weighted by molar-refractivity contribution is -0.120. The van der Waals surface area contributed by atoms with Crippen molar-refractivity contribution in [3.05, 3.63) is 59.3 Å². The summed E-state index contributed by atoms with van der Waals surface area (Å²) in [5.74, 6) is -0.226. The van der Waals surface area contributed by atoms with E-state index in [4.69, 9.17) is 0 Å². The minimum absolute atomic E-state index is 0.0394. The maximum absolute atomic E-state index is 13.2. The standard InChI is InChI=1S/C25H29N3O3S/c1-17-14-21-15-22(7-9-24(21)26-17)27-25(29)19-10-12-28(13-11-19)32(30,31)23-8-6-18-4-2-3-5-20(18)16-23/h6-9,14-16,19,26H,2-5,10-13H2,1H3,(H,27,29). The Labute approximate surface area is 189 Å². The van der Waals surface area contributed by atoms with Crippen LogP contribution in [0.5, 0.6) is 0 Å². The van der Waals surface area contributed by atoms with Crippen molar-refractivity contribution in [1.82, 2.24) is 9.29 Å². The number of nitrogens with one attached hydrogen (secondary N) is 2. The number of anilines is 1. The average Bonchev–Trinajstić information content (AvgIpc) is 3.18. The van der Waals surface area contributed by atoms with Gasteiger partial charge in [-0.1, -0.05) is 6.07 Å². The third kappa shape index (κ3) is 4.07. The number of nitrogens with zero attached hydrogens (tertiary/aromatic N) is 1. The number of carbonyl (C=O) groups excluding carboxylic acids is 1. The second-order valence-electron chi connectivity index (χ2n) is 9.06. The first-order valence-corrected chi connectivity index (χ1v) is 12.9. The van der Waals surface area contributed by atoms with E-state index in [1.165, 1.54) is 21.9 Å². The zero-order valence-electron chi connectivity index (χ0n) is 18.4. The van der Waals surface area contributed by atoms with Crippen LogP contribution in [0.4, 0.5) is 5.69 Å². The molecule has 7 heteroatoms. The molecule has 6 nitrogen and oxygen atoms in total. The summed E-state index contributed by atoms with van der Waals surface area (Å²) in [5, 5.41) is 4.07. The fraction of sp³-hybridized carbons (Fsp3) is 0.400. The minimum atomic E-state index is -3.53. The summed E-state index contributed by atoms with van der Waals surface area (Å²) < 4.78 is 27.9. The molecule has 5 rings (SSSR count). The van der Waals surface area contributed by atoms with Crippen LogP contribution in [0.2, 0.25) is 0 Å². The lowest BCUT2D eigenvalue weighted by Crippen LogP contribution is -2.41. The van der Waals surface area contributed by atoms with Crippen LogP contribution in [0.3, 0.4) is 0 Å². The highest BCUT2D eigenvalue weighted by Crippen LogP contribution is 2.29. The van der Waals surface area contributed by atoms with Crippen LogP contribution in [0.1, 0.15) is 42.5 Å². The number of rotatable bonds is 4. The van der Waals surface area contributed by atoms with Crippen molar-refractivity contribution in [2.75, 3.05) is 18.4 Å². The molecule has 2 aliphatic rings. The normalized spacial score (nSPS) is 17.9. The molecule has 1 fully saturated rings. The summed E-state index contributed by atoms with van der Waals surface area (Å²) in [6.45, 7) is 2.74. The molecule has 0 bridgehead atoms. The van der Waals surface area contributed by atoms with E-state index in [0.29, 0.717) is 30.8 Å². The Kier molecular flexibility index (Phi) is 5.55. The van der Waals surface area contributed by atoms with Gasteiger partial charge in [0.1, 0.15) is 0 Å². The van der Waals surface area contributed by atoms with E-state index < -0.39 is 10.0 Å². The van der Waals surface area contributed by atoms with Crippen molar-refractivity contribution in [2.45, 2.75) is 50.3 Å². The van der Waals surface area contributed by atoms with Gasteiger partial charge in [0, 0.05) is 41.3 Å². The van der Waals surface area contributed by atoms with Gasteiger partial charge in [0.25, 0.3) is 0 Å². The number of hydrogen-bond acceptors (Lipinski definition) is 3. The van der Waals surface area contributed by atoms with Gasteiger partial charge in [0.05, 0.1) is 4.90 Å². The van der Waals surface area contributed by atoms with Gasteiger partial charge in [-0.15, -0.1) is 0 Å². The van der Waals surface area contributed by atoms with Crippen LogP contribution < -0.4 is 5.32 Å². The highest BCUT2D eigenvalue weighted by Gasteiger charge is 2.32. The largest absolute Gasteiger partial charge is 0.359 e. The first-order valence-electron chi connectivity index (χ1n) is 11.4. The molecule has 1 aliphatic heterocycles. The SMILES string of the molecule is Cc1cc2cc(NC(=O)C3CCN(S(=O)(=O)c4ccc5c(c4)CCCC5)CC3)ccc2[nH]1. The number of aromatic nitrogens is 1. The number of aryl methyl sites for hydroxylation is 3. The number of sulfonamides is 1. The summed E-state index contributed by atoms with van der Waals surface area (Å²) in [6.07, 6.45) is 5.34. The highest BCUT2D eigenvalue weighted by molar-refractivity contribution is 7.89. The molecule has 1 amide bonds. The van der Waals surface area contributed by atoms with Crippen molar-refractivity contribution in [3.63, 3.8) is 0 Å². The van der Waals surface area contributed by atoms with Crippen LogP contribution >= 0.6 is 0 Å². The van der Waals surface area contributed by atoms with Crippen LogP contribution in [-0.4, -0.2) is 36.7 Å². The van der Waals surface area contributed by atoms with Gasteiger partial charge < -0.3 is 10.3 Å². The van der Waals surface area contributed by atoms with Gasteiger partial charge in [0.15, 0.2) is 0 Å². The Morgan fingerprint density at radius 3 is 2.53 bits per heavy atom. The quantitative estimate of drug-likeness (QED) is 0.617. The molecule has 2 aromatic carbocycles. The molecule has 0 unspecified atom stereocenters. The molecule has 1 saturated heterocycles. The maximum Gasteiger partial charge on any atom is 0.243 e. The summed E-state index contributed by atoms with van der Waals surface area (Å²) in [7, 11) is -3.53. The first-order chi connectivity index (χ1) is 15.4. The van der Waals surface area contributed by atoms with Gasteiger partial charge in [-0.3, -0.25) is 4.79 Å². The number of benzene rings is 2. The first kappa shape index (κ1) is 21.2. The van der Waals surface area contributed by atoms with Crippen LogP contribution in [0.25, 0.3) is 10.9 Å². The number of amides is 1. The zero-order chi connectivity index (χ0) is 22.3. The van der Waals surface area contributed by atoms with E-state index in [-0.39, 0.29) is 11.8 Å². The molecular formula is C25H29N3O3S. The number of aromatic amines is 1. The van der Waals surface area contributed by atoms with E-state index >= 15 is 0 Å². The summed E-state index contributed by atoms with van der Waals surface area (Å²) in [4.78, 5) is 16.5. The zero-order valence-corrected chi connectivity index (χ0v) is 19.2. The molecule has 1 aliphatic carbocycles. The maximum atomic E-state index is 13.2. The Morgan fingerprint density at radius 2 is 1.75 bits per heavy atom. The second kappa shape index (κ2) is 8.37. The Morgan fingerprint density at radius 1 is 1.00 bits per heavy atom. The Hall–Kier alpha value is -2.64. The monoisotopic (exact) mass is 451 g/mol. The van der Waals surface area contributed by atoms with Gasteiger partial charge >= 0.3 is 0 Å². The van der Waals surface area contributed by atoms with Gasteiger partial charge in [-0.25, -0.2) is 8.42 Å². The number of fused-ring (bicyclic) bond motifs is 2. The van der Waals surface area contributed by atoms with Crippen LogP contribution in [-0.2, 0) is 27.7 Å². The Balaban J connectivity index is 1.23. The lowest BCUT2D eigenvalue weighted by Gasteiger charge is -2.31. The fourth-order valence-corrected chi connectivity index (χ4v) is 6.50. The number of piperidine rings is 1. The fourth-order valence-electron chi connectivity index (χ4n) is 4.98. The van der Waals surface area contributed by atoms with E-state index in [1.807, 2.05) is 37.3 Å². The summed E-state index contributed by atoms with van der Waals surface area (Å²) in [5.41, 5.74) is 5.34. The van der Waals surface area contributed by atoms with E-state index in [9.17, 15) is 13.2 Å². The summed E-state index contributed by atoms with van der Waals surface area (Å²) >= 11 is 0. The predicted octanol–water partition coefficient (Wildman–Crippen LogP) is 4.39. The van der Waals surface area contributed by atoms with Crippen molar-refractivity contribution < 1.29 is 13.2 Å². The average molecular weight is 452 g/mol. The highest BCUT2D eigenvalue weighted by atomic mass is 32.2. The number of hydrogen-bond donors (Lipinski definition) is 2. The van der Waals surface area contributed by atoms with Crippen molar-refractivity contribution >= 4 is 32.5 Å². The van der Waals surface area contributed by atoms with Gasteiger partial charge in [-0.2, -0.15) is 4.31 Å². The topological polar surface area (TPSA) is 82.3 Å². The van der Waals surface area contributed by atoms with Crippen molar-refractivity contribution in [3.8, 4) is 0 Å². The molecule has 2 N–H and O–H groups in total. The minimum Gasteiger partial charge on any atom is -0.359 e.